The van der Waals surface area contributed by atoms with E-state index in [9.17, 15) is 14.9 Å². The van der Waals surface area contributed by atoms with Crippen molar-refractivity contribution < 1.29 is 19.4 Å². The van der Waals surface area contributed by atoms with Crippen LogP contribution in [-0.2, 0) is 11.3 Å². The number of non-ortho nitro benzene ring substituents is 1. The Balaban J connectivity index is 2.06. The maximum absolute atomic E-state index is 12.5. The van der Waals surface area contributed by atoms with Crippen molar-refractivity contribution in [2.24, 2.45) is 0 Å². The number of nitrogens with one attached hydrogen (secondary N) is 2. The van der Waals surface area contributed by atoms with Crippen molar-refractivity contribution in [2.75, 3.05) is 19.5 Å². The van der Waals surface area contributed by atoms with E-state index in [1.165, 1.54) is 25.3 Å². The zero-order chi connectivity index (χ0) is 19.3. The van der Waals surface area contributed by atoms with Gasteiger partial charge in [-0.3, -0.25) is 14.9 Å². The van der Waals surface area contributed by atoms with Crippen LogP contribution in [0.1, 0.15) is 12.5 Å². The van der Waals surface area contributed by atoms with Gasteiger partial charge in [0.1, 0.15) is 12.3 Å². The van der Waals surface area contributed by atoms with Crippen molar-refractivity contribution in [3.63, 3.8) is 0 Å². The first-order valence-corrected chi connectivity index (χ1v) is 8.39. The van der Waals surface area contributed by atoms with Crippen LogP contribution >= 0.6 is 11.6 Å². The highest BCUT2D eigenvalue weighted by Crippen LogP contribution is 2.28. The van der Waals surface area contributed by atoms with Crippen molar-refractivity contribution >= 4 is 28.9 Å². The van der Waals surface area contributed by atoms with E-state index in [1.807, 2.05) is 38.2 Å². The smallest absolute Gasteiger partial charge is 0.282 e. The molecule has 2 atom stereocenters. The van der Waals surface area contributed by atoms with Crippen molar-refractivity contribution in [3.05, 3.63) is 63.2 Å². The third-order valence-corrected chi connectivity index (χ3v) is 4.43. The molecule has 138 valence electrons. The predicted octanol–water partition coefficient (Wildman–Crippen LogP) is 2.30. The molecule has 0 heterocycles. The van der Waals surface area contributed by atoms with Gasteiger partial charge in [-0.25, -0.2) is 0 Å². The fourth-order valence-corrected chi connectivity index (χ4v) is 2.56. The van der Waals surface area contributed by atoms with Crippen LogP contribution < -0.4 is 15.0 Å². The summed E-state index contributed by atoms with van der Waals surface area (Å²) < 4.78 is 5.15. The molecule has 26 heavy (non-hydrogen) atoms. The Morgan fingerprint density at radius 3 is 2.54 bits per heavy atom. The van der Waals surface area contributed by atoms with Gasteiger partial charge in [-0.1, -0.05) is 23.7 Å². The number of methoxy groups -OCH3 is 1. The van der Waals surface area contributed by atoms with Crippen LogP contribution in [0.5, 0.6) is 5.75 Å². The molecule has 0 fully saturated rings. The van der Waals surface area contributed by atoms with Gasteiger partial charge in [0, 0.05) is 16.7 Å². The lowest BCUT2D eigenvalue weighted by atomic mass is 10.2. The number of halogens is 1. The minimum Gasteiger partial charge on any atom is -0.494 e. The van der Waals surface area contributed by atoms with E-state index in [1.54, 1.807) is 0 Å². The third-order valence-electron chi connectivity index (χ3n) is 4.18. The maximum atomic E-state index is 12.5. The summed E-state index contributed by atoms with van der Waals surface area (Å²) in [5, 5.41) is 14.3. The molecule has 0 aliphatic rings. The minimum absolute atomic E-state index is 0.0987. The van der Waals surface area contributed by atoms with Gasteiger partial charge >= 0.3 is 0 Å². The number of amides is 1. The lowest BCUT2D eigenvalue weighted by Crippen LogP contribution is -3.12. The number of benzene rings is 2. The number of hydrogen-bond donors (Lipinski definition) is 2. The molecule has 0 bridgehead atoms. The van der Waals surface area contributed by atoms with Crippen molar-refractivity contribution in [3.8, 4) is 5.75 Å². The zero-order valence-corrected chi connectivity index (χ0v) is 15.5. The molecule has 0 aliphatic heterocycles. The minimum atomic E-state index is -0.513. The maximum Gasteiger partial charge on any atom is 0.282 e. The lowest BCUT2D eigenvalue weighted by Gasteiger charge is -2.21. The van der Waals surface area contributed by atoms with E-state index in [0.717, 1.165) is 10.5 Å². The number of nitrogens with zero attached hydrogens (tertiary/aromatic N) is 1. The van der Waals surface area contributed by atoms with E-state index in [0.29, 0.717) is 17.3 Å². The average molecular weight is 379 g/mol. The largest absolute Gasteiger partial charge is 0.494 e. The lowest BCUT2D eigenvalue weighted by molar-refractivity contribution is -0.907. The van der Waals surface area contributed by atoms with Gasteiger partial charge in [0.15, 0.2) is 6.04 Å². The van der Waals surface area contributed by atoms with Gasteiger partial charge in [-0.15, -0.1) is 0 Å². The Labute approximate surface area is 156 Å². The number of carbonyl (C=O) groups is 1. The summed E-state index contributed by atoms with van der Waals surface area (Å²) >= 11 is 5.89. The highest BCUT2D eigenvalue weighted by molar-refractivity contribution is 6.30. The molecule has 0 spiro atoms. The predicted molar refractivity (Wildman–Crippen MR) is 99.8 cm³/mol. The standard InChI is InChI=1S/C18H20ClN3O4/c1-12(21(2)11-13-4-6-14(19)7-5-13)18(23)20-16-9-8-15(22(24)25)10-17(16)26-3/h4-10,12H,11H2,1-3H3,(H,20,23)/p+1/t12-/m1/s1. The van der Waals surface area contributed by atoms with Gasteiger partial charge in [-0.2, -0.15) is 0 Å². The summed E-state index contributed by atoms with van der Waals surface area (Å²) in [6.45, 7) is 2.47. The first-order chi connectivity index (χ1) is 12.3. The van der Waals surface area contributed by atoms with Crippen molar-refractivity contribution in [1.82, 2.24) is 0 Å². The van der Waals surface area contributed by atoms with Crippen LogP contribution in [-0.4, -0.2) is 31.0 Å². The molecule has 1 amide bonds. The Morgan fingerprint density at radius 2 is 1.96 bits per heavy atom. The second-order valence-corrected chi connectivity index (χ2v) is 6.44. The average Bonchev–Trinajstić information content (AvgIpc) is 2.62. The summed E-state index contributed by atoms with van der Waals surface area (Å²) in [7, 11) is 3.32. The van der Waals surface area contributed by atoms with E-state index in [4.69, 9.17) is 16.3 Å². The van der Waals surface area contributed by atoms with E-state index < -0.39 is 4.92 Å². The first-order valence-electron chi connectivity index (χ1n) is 8.02. The molecule has 0 radical (unpaired) electrons. The van der Waals surface area contributed by atoms with Crippen molar-refractivity contribution in [2.45, 2.75) is 19.5 Å². The Morgan fingerprint density at radius 1 is 1.31 bits per heavy atom. The van der Waals surface area contributed by atoms with Crippen LogP contribution in [0.15, 0.2) is 42.5 Å². The number of carbonyl (C=O) groups excluding carboxylic acids is 1. The number of anilines is 1. The Hall–Kier alpha value is -2.64. The number of quaternary nitrogens is 1. The van der Waals surface area contributed by atoms with Crippen LogP contribution in [0.3, 0.4) is 0 Å². The molecular formula is C18H21ClN3O4+. The summed E-state index contributed by atoms with van der Waals surface area (Å²) in [6, 6.07) is 11.2. The van der Waals surface area contributed by atoms with Gasteiger partial charge < -0.3 is 15.0 Å². The number of likely N-dealkylation sites (N-methyl/N-ethyl adjacent to an activating group) is 1. The highest BCUT2D eigenvalue weighted by Gasteiger charge is 2.23. The van der Waals surface area contributed by atoms with E-state index in [2.05, 4.69) is 5.32 Å². The molecule has 0 aromatic heterocycles. The van der Waals surface area contributed by atoms with Crippen LogP contribution in [0.4, 0.5) is 11.4 Å². The van der Waals surface area contributed by atoms with Crippen molar-refractivity contribution in [1.29, 1.82) is 0 Å². The van der Waals surface area contributed by atoms with E-state index >= 15 is 0 Å². The van der Waals surface area contributed by atoms with Gasteiger partial charge in [0.05, 0.1) is 30.8 Å². The normalized spacial score (nSPS) is 12.9. The topological polar surface area (TPSA) is 85.9 Å². The Kier molecular flexibility index (Phi) is 6.54. The van der Waals surface area contributed by atoms with Gasteiger partial charge in [0.2, 0.25) is 0 Å². The summed E-state index contributed by atoms with van der Waals surface area (Å²) in [5.74, 6) is 0.0405. The van der Waals surface area contributed by atoms with Gasteiger partial charge in [-0.05, 0) is 25.1 Å². The number of hydrogen-bond acceptors (Lipinski definition) is 4. The molecule has 0 saturated heterocycles. The SMILES string of the molecule is COc1cc([N+](=O)[O-])ccc1NC(=O)[C@@H](C)[NH+](C)Cc1ccc(Cl)cc1. The molecule has 0 aliphatic carbocycles. The highest BCUT2D eigenvalue weighted by atomic mass is 35.5. The fourth-order valence-electron chi connectivity index (χ4n) is 2.44. The molecule has 2 aromatic carbocycles. The first kappa shape index (κ1) is 19.7. The number of nitro groups is 1. The molecule has 2 rings (SSSR count). The van der Waals surface area contributed by atoms with Crippen LogP contribution in [0.25, 0.3) is 0 Å². The number of ether oxygens (including phenoxy) is 1. The Bertz CT molecular complexity index is 796. The van der Waals surface area contributed by atoms with Crippen LogP contribution in [0, 0.1) is 10.1 Å². The molecule has 7 nitrogen and oxygen atoms in total. The second-order valence-electron chi connectivity index (χ2n) is 6.00. The zero-order valence-electron chi connectivity index (χ0n) is 14.8. The molecule has 0 saturated carbocycles. The molecule has 2 N–H and O–H groups in total. The third kappa shape index (κ3) is 4.93. The molecule has 2 aromatic rings. The second kappa shape index (κ2) is 8.64. The number of nitro benzene ring substituents is 1. The molecule has 1 unspecified atom stereocenters. The quantitative estimate of drug-likeness (QED) is 0.571. The molecule has 8 heteroatoms. The summed E-state index contributed by atoms with van der Waals surface area (Å²) in [4.78, 5) is 23.9. The van der Waals surface area contributed by atoms with E-state index in [-0.39, 0.29) is 23.4 Å². The van der Waals surface area contributed by atoms with Crippen LogP contribution in [0.2, 0.25) is 5.02 Å². The fraction of sp³-hybridized carbons (Fsp3) is 0.278. The summed E-state index contributed by atoms with van der Waals surface area (Å²) in [6.07, 6.45) is 0. The summed E-state index contributed by atoms with van der Waals surface area (Å²) in [5.41, 5.74) is 1.37. The molecular weight excluding hydrogens is 358 g/mol. The number of rotatable bonds is 7. The van der Waals surface area contributed by atoms with Gasteiger partial charge in [0.25, 0.3) is 11.6 Å². The monoisotopic (exact) mass is 378 g/mol.